The number of ether oxygens (including phenoxy) is 1. The third-order valence-corrected chi connectivity index (χ3v) is 3.07. The fourth-order valence-electron chi connectivity index (χ4n) is 1.91. The molecule has 3 amide bonds. The molecule has 0 unspecified atom stereocenters. The molecule has 142 valence electrons. The maximum absolute atomic E-state index is 12.0. The van der Waals surface area contributed by atoms with Gasteiger partial charge in [0.2, 0.25) is 11.8 Å². The van der Waals surface area contributed by atoms with E-state index in [1.165, 1.54) is 0 Å². The Kier molecular flexibility index (Phi) is 7.83. The molecule has 0 radical (unpaired) electrons. The molecule has 0 aromatic heterocycles. The predicted molar refractivity (Wildman–Crippen MR) is 101 cm³/mol. The highest BCUT2D eigenvalue weighted by Crippen LogP contribution is 2.11. The zero-order valence-corrected chi connectivity index (χ0v) is 15.8. The third kappa shape index (κ3) is 8.86. The number of alkyl carbamates (subject to hydrolysis) is 1. The van der Waals surface area contributed by atoms with Crippen LogP contribution in [0.15, 0.2) is 36.4 Å². The van der Waals surface area contributed by atoms with Crippen molar-refractivity contribution in [3.05, 3.63) is 42.0 Å². The summed E-state index contributed by atoms with van der Waals surface area (Å²) in [5.41, 5.74) is 1.33. The van der Waals surface area contributed by atoms with Crippen LogP contribution in [0, 0.1) is 0 Å². The van der Waals surface area contributed by atoms with E-state index >= 15 is 0 Å². The van der Waals surface area contributed by atoms with Gasteiger partial charge in [0.25, 0.3) is 0 Å². The van der Waals surface area contributed by atoms with Crippen molar-refractivity contribution in [2.75, 3.05) is 11.9 Å². The first-order chi connectivity index (χ1) is 12.1. The average molecular weight is 361 g/mol. The van der Waals surface area contributed by atoms with Gasteiger partial charge in [0.05, 0.1) is 0 Å². The summed E-state index contributed by atoms with van der Waals surface area (Å²) in [7, 11) is 0. The topological polar surface area (TPSA) is 96.5 Å². The Bertz CT molecular complexity index is 678. The second-order valence-corrected chi connectivity index (χ2v) is 6.89. The molecule has 0 heterocycles. The minimum absolute atomic E-state index is 0.121. The molecule has 0 atom stereocenters. The molecule has 0 saturated heterocycles. The molecule has 1 aromatic rings. The summed E-state index contributed by atoms with van der Waals surface area (Å²) < 4.78 is 5.09. The summed E-state index contributed by atoms with van der Waals surface area (Å²) in [5.74, 6) is -0.447. The minimum atomic E-state index is -0.577. The van der Waals surface area contributed by atoms with E-state index in [4.69, 9.17) is 4.74 Å². The lowest BCUT2D eigenvalue weighted by atomic mass is 10.2. The van der Waals surface area contributed by atoms with Gasteiger partial charge >= 0.3 is 6.09 Å². The fourth-order valence-corrected chi connectivity index (χ4v) is 1.91. The largest absolute Gasteiger partial charge is 0.444 e. The number of amides is 3. The number of hydrogen-bond acceptors (Lipinski definition) is 4. The Labute approximate surface area is 154 Å². The molecule has 7 heteroatoms. The minimum Gasteiger partial charge on any atom is -0.444 e. The summed E-state index contributed by atoms with van der Waals surface area (Å²) in [4.78, 5) is 35.0. The predicted octanol–water partition coefficient (Wildman–Crippen LogP) is 2.73. The standard InChI is InChI=1S/C19H27N3O4/c1-13(2)17(24)21-12-14-7-6-8-15(11-14)22-16(23)9-10-20-18(25)26-19(3,4)5/h6-8,11H,1,9-10,12H2,2-5H3,(H,20,25)(H,21,24)(H,22,23). The van der Waals surface area contributed by atoms with Gasteiger partial charge in [-0.25, -0.2) is 4.79 Å². The van der Waals surface area contributed by atoms with E-state index in [2.05, 4.69) is 22.5 Å². The lowest BCUT2D eigenvalue weighted by molar-refractivity contribution is -0.118. The Morgan fingerprint density at radius 3 is 2.46 bits per heavy atom. The maximum atomic E-state index is 12.0. The number of carbonyl (C=O) groups excluding carboxylic acids is 3. The Morgan fingerprint density at radius 1 is 1.15 bits per heavy atom. The van der Waals surface area contributed by atoms with E-state index in [0.717, 1.165) is 5.56 Å². The lowest BCUT2D eigenvalue weighted by Crippen LogP contribution is -2.34. The maximum Gasteiger partial charge on any atom is 0.407 e. The van der Waals surface area contributed by atoms with Crippen LogP contribution >= 0.6 is 0 Å². The molecule has 7 nitrogen and oxygen atoms in total. The van der Waals surface area contributed by atoms with E-state index in [0.29, 0.717) is 17.8 Å². The number of carbonyl (C=O) groups is 3. The van der Waals surface area contributed by atoms with Gasteiger partial charge in [-0.3, -0.25) is 9.59 Å². The highest BCUT2D eigenvalue weighted by Gasteiger charge is 2.15. The molecule has 0 aliphatic rings. The van der Waals surface area contributed by atoms with Gasteiger partial charge in [-0.05, 0) is 45.4 Å². The van der Waals surface area contributed by atoms with Crippen molar-refractivity contribution in [1.29, 1.82) is 0 Å². The van der Waals surface area contributed by atoms with Gasteiger partial charge in [0, 0.05) is 30.8 Å². The molecule has 0 aliphatic heterocycles. The van der Waals surface area contributed by atoms with Crippen LogP contribution in [0.4, 0.5) is 10.5 Å². The van der Waals surface area contributed by atoms with E-state index in [-0.39, 0.29) is 24.8 Å². The summed E-state index contributed by atoms with van der Waals surface area (Å²) in [5, 5.41) is 8.02. The molecule has 1 rings (SSSR count). The second kappa shape index (κ2) is 9.60. The molecule has 1 aromatic carbocycles. The molecular formula is C19H27N3O4. The zero-order chi connectivity index (χ0) is 19.7. The Balaban J connectivity index is 2.42. The number of anilines is 1. The highest BCUT2D eigenvalue weighted by molar-refractivity contribution is 5.92. The monoisotopic (exact) mass is 361 g/mol. The van der Waals surface area contributed by atoms with E-state index in [1.54, 1.807) is 45.9 Å². The van der Waals surface area contributed by atoms with Crippen molar-refractivity contribution in [1.82, 2.24) is 10.6 Å². The number of nitrogens with one attached hydrogen (secondary N) is 3. The number of benzene rings is 1. The van der Waals surface area contributed by atoms with Crippen LogP contribution in [0.1, 0.15) is 39.7 Å². The summed E-state index contributed by atoms with van der Waals surface area (Å²) >= 11 is 0. The highest BCUT2D eigenvalue weighted by atomic mass is 16.6. The second-order valence-electron chi connectivity index (χ2n) is 6.89. The average Bonchev–Trinajstić information content (AvgIpc) is 2.51. The van der Waals surface area contributed by atoms with Crippen LogP contribution in [0.3, 0.4) is 0 Å². The molecule has 3 N–H and O–H groups in total. The molecule has 26 heavy (non-hydrogen) atoms. The van der Waals surface area contributed by atoms with Gasteiger partial charge in [0.1, 0.15) is 5.60 Å². The van der Waals surface area contributed by atoms with E-state index < -0.39 is 11.7 Å². The SMILES string of the molecule is C=C(C)C(=O)NCc1cccc(NC(=O)CCNC(=O)OC(C)(C)C)c1. The van der Waals surface area contributed by atoms with Gasteiger partial charge in [-0.2, -0.15) is 0 Å². The molecular weight excluding hydrogens is 334 g/mol. The summed E-state index contributed by atoms with van der Waals surface area (Å²) in [6.45, 7) is 11.0. The van der Waals surface area contributed by atoms with Crippen molar-refractivity contribution in [2.24, 2.45) is 0 Å². The molecule has 0 fully saturated rings. The van der Waals surface area contributed by atoms with Crippen LogP contribution < -0.4 is 16.0 Å². The summed E-state index contributed by atoms with van der Waals surface area (Å²) in [6.07, 6.45) is -0.434. The molecule has 0 bridgehead atoms. The number of rotatable bonds is 7. The normalized spacial score (nSPS) is 10.6. The van der Waals surface area contributed by atoms with Crippen LogP contribution in [-0.2, 0) is 20.9 Å². The lowest BCUT2D eigenvalue weighted by Gasteiger charge is -2.19. The van der Waals surface area contributed by atoms with Crippen LogP contribution in [0.2, 0.25) is 0 Å². The fraction of sp³-hybridized carbons (Fsp3) is 0.421. The number of hydrogen-bond donors (Lipinski definition) is 3. The van der Waals surface area contributed by atoms with Gasteiger partial charge < -0.3 is 20.7 Å². The first kappa shape index (κ1) is 21.2. The van der Waals surface area contributed by atoms with Gasteiger partial charge in [0.15, 0.2) is 0 Å². The van der Waals surface area contributed by atoms with E-state index in [1.807, 2.05) is 6.07 Å². The van der Waals surface area contributed by atoms with Crippen molar-refractivity contribution in [3.63, 3.8) is 0 Å². The van der Waals surface area contributed by atoms with Gasteiger partial charge in [-0.1, -0.05) is 18.7 Å². The van der Waals surface area contributed by atoms with Crippen molar-refractivity contribution in [3.8, 4) is 0 Å². The summed E-state index contributed by atoms with van der Waals surface area (Å²) in [6, 6.07) is 7.16. The first-order valence-electron chi connectivity index (χ1n) is 8.36. The van der Waals surface area contributed by atoms with Crippen molar-refractivity contribution in [2.45, 2.75) is 46.3 Å². The zero-order valence-electron chi connectivity index (χ0n) is 15.8. The van der Waals surface area contributed by atoms with Crippen LogP contribution in [-0.4, -0.2) is 30.1 Å². The van der Waals surface area contributed by atoms with Crippen molar-refractivity contribution < 1.29 is 19.1 Å². The quantitative estimate of drug-likeness (QED) is 0.651. The molecule has 0 aliphatic carbocycles. The molecule has 0 saturated carbocycles. The smallest absolute Gasteiger partial charge is 0.407 e. The third-order valence-electron chi connectivity index (χ3n) is 3.07. The molecule has 0 spiro atoms. The Hall–Kier alpha value is -2.83. The Morgan fingerprint density at radius 2 is 1.85 bits per heavy atom. The van der Waals surface area contributed by atoms with Crippen molar-refractivity contribution >= 4 is 23.6 Å². The van der Waals surface area contributed by atoms with Crippen LogP contribution in [0.5, 0.6) is 0 Å². The van der Waals surface area contributed by atoms with Crippen LogP contribution in [0.25, 0.3) is 0 Å². The van der Waals surface area contributed by atoms with E-state index in [9.17, 15) is 14.4 Å². The van der Waals surface area contributed by atoms with Gasteiger partial charge in [-0.15, -0.1) is 0 Å². The first-order valence-corrected chi connectivity index (χ1v) is 8.36.